The van der Waals surface area contributed by atoms with Crippen molar-refractivity contribution in [3.63, 3.8) is 0 Å². The third-order valence-corrected chi connectivity index (χ3v) is 4.80. The van der Waals surface area contributed by atoms with Crippen molar-refractivity contribution < 1.29 is 13.6 Å². The number of anilines is 1. The number of nitrogens with one attached hydrogen (secondary N) is 1. The summed E-state index contributed by atoms with van der Waals surface area (Å²) in [5.41, 5.74) is 2.15. The minimum Gasteiger partial charge on any atom is -0.455 e. The zero-order chi connectivity index (χ0) is 20.5. The number of carbonyl (C=O) groups is 1. The Balaban J connectivity index is 1.86. The van der Waals surface area contributed by atoms with E-state index in [1.165, 1.54) is 12.1 Å². The van der Waals surface area contributed by atoms with Crippen LogP contribution in [0.25, 0.3) is 22.3 Å². The lowest BCUT2D eigenvalue weighted by Gasteiger charge is -2.11. The topological polar surface area (TPSA) is 59.3 Å². The van der Waals surface area contributed by atoms with Crippen LogP contribution in [0.4, 0.5) is 10.1 Å². The molecule has 0 spiro atoms. The number of hydrogen-bond donors (Lipinski definition) is 1. The monoisotopic (exact) mass is 387 g/mol. The highest BCUT2D eigenvalue weighted by molar-refractivity contribution is 6.11. The number of para-hydroxylation sites is 1. The standard InChI is InChI=1S/C24H18FNO3/c1-14-11-12-20(19(25)13-14)26-24(28)18-10-6-9-17-21(27)15(2)22(29-23(17)18)16-7-4-3-5-8-16/h3-13H,1-2H3,(H,26,28). The van der Waals surface area contributed by atoms with Gasteiger partial charge in [0.25, 0.3) is 5.91 Å². The predicted molar refractivity (Wildman–Crippen MR) is 112 cm³/mol. The highest BCUT2D eigenvalue weighted by atomic mass is 19.1. The summed E-state index contributed by atoms with van der Waals surface area (Å²) >= 11 is 0. The van der Waals surface area contributed by atoms with Gasteiger partial charge in [-0.15, -0.1) is 0 Å². The van der Waals surface area contributed by atoms with Crippen molar-refractivity contribution in [1.29, 1.82) is 0 Å². The van der Waals surface area contributed by atoms with Crippen molar-refractivity contribution in [2.75, 3.05) is 5.32 Å². The third kappa shape index (κ3) is 3.43. The van der Waals surface area contributed by atoms with Gasteiger partial charge < -0.3 is 9.73 Å². The maximum Gasteiger partial charge on any atom is 0.259 e. The summed E-state index contributed by atoms with van der Waals surface area (Å²) in [4.78, 5) is 25.8. The Bertz CT molecular complexity index is 1290. The Hall–Kier alpha value is -3.73. The number of carbonyl (C=O) groups excluding carboxylic acids is 1. The van der Waals surface area contributed by atoms with Crippen molar-refractivity contribution >= 4 is 22.6 Å². The number of halogens is 1. The van der Waals surface area contributed by atoms with E-state index in [0.717, 1.165) is 11.1 Å². The number of hydrogen-bond acceptors (Lipinski definition) is 3. The van der Waals surface area contributed by atoms with Gasteiger partial charge in [-0.25, -0.2) is 4.39 Å². The van der Waals surface area contributed by atoms with Crippen molar-refractivity contribution in [2.24, 2.45) is 0 Å². The van der Waals surface area contributed by atoms with Gasteiger partial charge in [-0.2, -0.15) is 0 Å². The molecule has 1 N–H and O–H groups in total. The first-order valence-corrected chi connectivity index (χ1v) is 9.15. The zero-order valence-corrected chi connectivity index (χ0v) is 16.0. The lowest BCUT2D eigenvalue weighted by atomic mass is 10.0. The van der Waals surface area contributed by atoms with E-state index < -0.39 is 11.7 Å². The Morgan fingerprint density at radius 3 is 2.45 bits per heavy atom. The fourth-order valence-corrected chi connectivity index (χ4v) is 3.26. The van der Waals surface area contributed by atoms with Gasteiger partial charge in [0.15, 0.2) is 11.0 Å². The van der Waals surface area contributed by atoms with Crippen molar-refractivity contribution in [3.8, 4) is 11.3 Å². The average molecular weight is 387 g/mol. The van der Waals surface area contributed by atoms with Crippen LogP contribution in [-0.2, 0) is 0 Å². The first kappa shape index (κ1) is 18.6. The molecule has 0 unspecified atom stereocenters. The molecule has 1 aromatic heterocycles. The van der Waals surface area contributed by atoms with Crippen molar-refractivity contribution in [1.82, 2.24) is 0 Å². The van der Waals surface area contributed by atoms with Gasteiger partial charge in [0.2, 0.25) is 0 Å². The van der Waals surface area contributed by atoms with Crippen molar-refractivity contribution in [2.45, 2.75) is 13.8 Å². The predicted octanol–water partition coefficient (Wildman–Crippen LogP) is 5.47. The van der Waals surface area contributed by atoms with Gasteiger partial charge in [0, 0.05) is 11.1 Å². The van der Waals surface area contributed by atoms with Crippen LogP contribution in [0, 0.1) is 19.7 Å². The molecule has 4 nitrogen and oxygen atoms in total. The number of rotatable bonds is 3. The van der Waals surface area contributed by atoms with Crippen LogP contribution >= 0.6 is 0 Å². The molecule has 0 radical (unpaired) electrons. The number of amides is 1. The Morgan fingerprint density at radius 2 is 1.72 bits per heavy atom. The summed E-state index contributed by atoms with van der Waals surface area (Å²) in [5.74, 6) is -0.671. The largest absolute Gasteiger partial charge is 0.455 e. The average Bonchev–Trinajstić information content (AvgIpc) is 2.73. The summed E-state index contributed by atoms with van der Waals surface area (Å²) in [6, 6.07) is 18.6. The highest BCUT2D eigenvalue weighted by Gasteiger charge is 2.19. The van der Waals surface area contributed by atoms with Gasteiger partial charge >= 0.3 is 0 Å². The van der Waals surface area contributed by atoms with E-state index in [1.807, 2.05) is 30.3 Å². The molecule has 5 heteroatoms. The van der Waals surface area contributed by atoms with E-state index in [2.05, 4.69) is 5.32 Å². The Kier molecular flexibility index (Phi) is 4.72. The molecule has 0 atom stereocenters. The molecule has 1 amide bonds. The van der Waals surface area contributed by atoms with E-state index in [0.29, 0.717) is 16.7 Å². The molecule has 3 aromatic carbocycles. The summed E-state index contributed by atoms with van der Waals surface area (Å²) in [5, 5.41) is 2.87. The van der Waals surface area contributed by atoms with E-state index >= 15 is 0 Å². The molecular formula is C24H18FNO3. The van der Waals surface area contributed by atoms with E-state index in [1.54, 1.807) is 38.1 Å². The minimum absolute atomic E-state index is 0.0651. The summed E-state index contributed by atoms with van der Waals surface area (Å²) in [7, 11) is 0. The lowest BCUT2D eigenvalue weighted by molar-refractivity contribution is 0.102. The molecule has 4 aromatic rings. The van der Waals surface area contributed by atoms with Gasteiger partial charge in [0.05, 0.1) is 16.6 Å². The van der Waals surface area contributed by atoms with Gasteiger partial charge in [-0.05, 0) is 43.7 Å². The zero-order valence-electron chi connectivity index (χ0n) is 16.0. The maximum atomic E-state index is 14.2. The second-order valence-corrected chi connectivity index (χ2v) is 6.87. The van der Waals surface area contributed by atoms with Gasteiger partial charge in [-0.1, -0.05) is 42.5 Å². The van der Waals surface area contributed by atoms with Crippen LogP contribution in [-0.4, -0.2) is 5.91 Å². The molecule has 0 aliphatic carbocycles. The fourth-order valence-electron chi connectivity index (χ4n) is 3.26. The minimum atomic E-state index is -0.552. The molecular weight excluding hydrogens is 369 g/mol. The van der Waals surface area contributed by atoms with Crippen molar-refractivity contribution in [3.05, 3.63) is 99.5 Å². The van der Waals surface area contributed by atoms with Crippen LogP contribution < -0.4 is 10.7 Å². The normalized spacial score (nSPS) is 10.9. The number of benzene rings is 3. The quantitative estimate of drug-likeness (QED) is 0.507. The Morgan fingerprint density at radius 1 is 0.966 bits per heavy atom. The van der Waals surface area contributed by atoms with Crippen LogP contribution in [0.3, 0.4) is 0 Å². The van der Waals surface area contributed by atoms with Crippen LogP contribution in [0.15, 0.2) is 75.9 Å². The SMILES string of the molecule is Cc1ccc(NC(=O)c2cccc3c(=O)c(C)c(-c4ccccc4)oc23)c(F)c1. The second-order valence-electron chi connectivity index (χ2n) is 6.87. The first-order valence-electron chi connectivity index (χ1n) is 9.15. The molecule has 0 bridgehead atoms. The molecule has 144 valence electrons. The third-order valence-electron chi connectivity index (χ3n) is 4.80. The molecule has 29 heavy (non-hydrogen) atoms. The van der Waals surface area contributed by atoms with Gasteiger partial charge in [-0.3, -0.25) is 9.59 Å². The molecule has 0 saturated carbocycles. The van der Waals surface area contributed by atoms with Crippen LogP contribution in [0.1, 0.15) is 21.5 Å². The van der Waals surface area contributed by atoms with Gasteiger partial charge in [0.1, 0.15) is 11.6 Å². The first-order chi connectivity index (χ1) is 14.0. The molecule has 0 saturated heterocycles. The smallest absolute Gasteiger partial charge is 0.259 e. The van der Waals surface area contributed by atoms with E-state index in [-0.39, 0.29) is 22.3 Å². The summed E-state index contributed by atoms with van der Waals surface area (Å²) in [6.07, 6.45) is 0. The van der Waals surface area contributed by atoms with Crippen LogP contribution in [0.2, 0.25) is 0 Å². The maximum absolute atomic E-state index is 14.2. The molecule has 4 rings (SSSR count). The van der Waals surface area contributed by atoms with E-state index in [9.17, 15) is 14.0 Å². The Labute approximate surface area is 166 Å². The number of fused-ring (bicyclic) bond motifs is 1. The highest BCUT2D eigenvalue weighted by Crippen LogP contribution is 2.28. The molecule has 0 fully saturated rings. The summed E-state index contributed by atoms with van der Waals surface area (Å²) in [6.45, 7) is 3.46. The molecule has 1 heterocycles. The van der Waals surface area contributed by atoms with E-state index in [4.69, 9.17) is 4.42 Å². The molecule has 0 aliphatic rings. The molecule has 0 aliphatic heterocycles. The number of aryl methyl sites for hydroxylation is 1. The lowest BCUT2D eigenvalue weighted by Crippen LogP contribution is -2.15. The fraction of sp³-hybridized carbons (Fsp3) is 0.0833. The summed E-state index contributed by atoms with van der Waals surface area (Å²) < 4.78 is 20.2. The second kappa shape index (κ2) is 7.36. The van der Waals surface area contributed by atoms with Crippen LogP contribution in [0.5, 0.6) is 0 Å².